The Morgan fingerprint density at radius 3 is 2.52 bits per heavy atom. The van der Waals surface area contributed by atoms with Crippen molar-refractivity contribution in [2.24, 2.45) is 5.92 Å². The van der Waals surface area contributed by atoms with Gasteiger partial charge in [-0.3, -0.25) is 5.32 Å². The van der Waals surface area contributed by atoms with Crippen LogP contribution in [-0.2, 0) is 0 Å². The molecule has 0 bridgehead atoms. The average molecular weight is 291 g/mol. The van der Waals surface area contributed by atoms with E-state index in [1.807, 2.05) is 0 Å². The summed E-state index contributed by atoms with van der Waals surface area (Å²) in [5.74, 6) is 0.889. The van der Waals surface area contributed by atoms with Crippen LogP contribution in [0.2, 0.25) is 0 Å². The second kappa shape index (κ2) is 7.61. The van der Waals surface area contributed by atoms with Crippen molar-refractivity contribution < 1.29 is 0 Å². The fraction of sp³-hybridized carbons (Fsp3) is 0.944. The molecule has 0 radical (unpaired) electrons. The highest BCUT2D eigenvalue weighted by Gasteiger charge is 2.38. The molecule has 0 aliphatic heterocycles. The first-order valence-corrected chi connectivity index (χ1v) is 8.94. The number of hydrogen-bond acceptors (Lipinski definition) is 3. The van der Waals surface area contributed by atoms with Gasteiger partial charge >= 0.3 is 0 Å². The van der Waals surface area contributed by atoms with Crippen molar-refractivity contribution in [2.45, 2.75) is 89.3 Å². The SMILES string of the molecule is CC(C)NC1(C#N)CCCC(N(C)CC2CCCCC2)C1. The Balaban J connectivity index is 1.91. The lowest BCUT2D eigenvalue weighted by Crippen LogP contribution is -2.54. The van der Waals surface area contributed by atoms with Gasteiger partial charge in [-0.25, -0.2) is 0 Å². The fourth-order valence-electron chi connectivity index (χ4n) is 4.37. The molecule has 2 atom stereocenters. The predicted octanol–water partition coefficient (Wildman–Crippen LogP) is 3.70. The average Bonchev–Trinajstić information content (AvgIpc) is 2.48. The third-order valence-corrected chi connectivity index (χ3v) is 5.40. The van der Waals surface area contributed by atoms with Gasteiger partial charge in [0.2, 0.25) is 0 Å². The molecule has 0 aromatic heterocycles. The lowest BCUT2D eigenvalue weighted by molar-refractivity contribution is 0.116. The monoisotopic (exact) mass is 291 g/mol. The van der Waals surface area contributed by atoms with Crippen LogP contribution < -0.4 is 5.32 Å². The van der Waals surface area contributed by atoms with E-state index in [0.29, 0.717) is 12.1 Å². The van der Waals surface area contributed by atoms with E-state index in [1.165, 1.54) is 51.5 Å². The van der Waals surface area contributed by atoms with E-state index < -0.39 is 0 Å². The van der Waals surface area contributed by atoms with Crippen molar-refractivity contribution in [1.29, 1.82) is 5.26 Å². The Bertz CT molecular complexity index is 354. The lowest BCUT2D eigenvalue weighted by Gasteiger charge is -2.42. The summed E-state index contributed by atoms with van der Waals surface area (Å²) in [4.78, 5) is 2.56. The maximum Gasteiger partial charge on any atom is 0.108 e. The summed E-state index contributed by atoms with van der Waals surface area (Å²) in [6.45, 7) is 5.52. The Labute approximate surface area is 131 Å². The molecule has 2 aliphatic rings. The molecule has 3 nitrogen and oxygen atoms in total. The molecular weight excluding hydrogens is 258 g/mol. The molecule has 2 rings (SSSR count). The molecule has 120 valence electrons. The van der Waals surface area contributed by atoms with Gasteiger partial charge < -0.3 is 4.90 Å². The first-order chi connectivity index (χ1) is 10.0. The highest BCUT2D eigenvalue weighted by Crippen LogP contribution is 2.32. The molecular formula is C18H33N3. The van der Waals surface area contributed by atoms with Gasteiger partial charge in [-0.1, -0.05) is 19.3 Å². The Morgan fingerprint density at radius 1 is 1.19 bits per heavy atom. The molecule has 0 amide bonds. The van der Waals surface area contributed by atoms with E-state index in [4.69, 9.17) is 0 Å². The van der Waals surface area contributed by atoms with Crippen LogP contribution in [0, 0.1) is 17.2 Å². The third kappa shape index (κ3) is 4.69. The van der Waals surface area contributed by atoms with Crippen molar-refractivity contribution >= 4 is 0 Å². The van der Waals surface area contributed by atoms with Crippen LogP contribution in [0.15, 0.2) is 0 Å². The molecule has 21 heavy (non-hydrogen) atoms. The maximum absolute atomic E-state index is 9.68. The van der Waals surface area contributed by atoms with Crippen LogP contribution >= 0.6 is 0 Å². The van der Waals surface area contributed by atoms with Crippen molar-refractivity contribution in [2.75, 3.05) is 13.6 Å². The second-order valence-electron chi connectivity index (χ2n) is 7.69. The highest BCUT2D eigenvalue weighted by atomic mass is 15.1. The van der Waals surface area contributed by atoms with Crippen LogP contribution in [0.1, 0.15) is 71.6 Å². The molecule has 0 aromatic carbocycles. The minimum atomic E-state index is -0.294. The third-order valence-electron chi connectivity index (χ3n) is 5.40. The van der Waals surface area contributed by atoms with Crippen LogP contribution in [0.3, 0.4) is 0 Å². The van der Waals surface area contributed by atoms with Gasteiger partial charge in [-0.15, -0.1) is 0 Å². The molecule has 0 heterocycles. The van der Waals surface area contributed by atoms with E-state index in [1.54, 1.807) is 0 Å². The number of rotatable bonds is 5. The highest BCUT2D eigenvalue weighted by molar-refractivity contribution is 5.11. The van der Waals surface area contributed by atoms with E-state index in [2.05, 4.69) is 37.2 Å². The lowest BCUT2D eigenvalue weighted by atomic mass is 9.78. The van der Waals surface area contributed by atoms with Crippen LogP contribution in [0.5, 0.6) is 0 Å². The first-order valence-electron chi connectivity index (χ1n) is 8.94. The van der Waals surface area contributed by atoms with Crippen molar-refractivity contribution in [1.82, 2.24) is 10.2 Å². The van der Waals surface area contributed by atoms with Crippen LogP contribution in [-0.4, -0.2) is 36.1 Å². The van der Waals surface area contributed by atoms with Gasteiger partial charge in [0.1, 0.15) is 5.54 Å². The maximum atomic E-state index is 9.68. The molecule has 2 unspecified atom stereocenters. The van der Waals surface area contributed by atoms with Gasteiger partial charge in [0.15, 0.2) is 0 Å². The number of hydrogen-bond donors (Lipinski definition) is 1. The summed E-state index contributed by atoms with van der Waals surface area (Å²) in [6.07, 6.45) is 11.5. The van der Waals surface area contributed by atoms with Gasteiger partial charge in [-0.05, 0) is 65.3 Å². The van der Waals surface area contributed by atoms with Gasteiger partial charge in [0, 0.05) is 18.6 Å². The number of nitriles is 1. The zero-order valence-electron chi connectivity index (χ0n) is 14.2. The molecule has 2 fully saturated rings. The van der Waals surface area contributed by atoms with Gasteiger partial charge in [-0.2, -0.15) is 5.26 Å². The minimum Gasteiger partial charge on any atom is -0.303 e. The Kier molecular flexibility index (Phi) is 6.08. The molecule has 1 N–H and O–H groups in total. The summed E-state index contributed by atoms with van der Waals surface area (Å²) in [5, 5.41) is 13.2. The van der Waals surface area contributed by atoms with E-state index >= 15 is 0 Å². The molecule has 3 heteroatoms. The standard InChI is InChI=1S/C18H33N3/c1-15(2)20-18(14-19)11-7-10-17(12-18)21(3)13-16-8-5-4-6-9-16/h15-17,20H,4-13H2,1-3H3. The van der Waals surface area contributed by atoms with Crippen LogP contribution in [0.4, 0.5) is 0 Å². The molecule has 2 saturated carbocycles. The summed E-state index contributed by atoms with van der Waals surface area (Å²) in [7, 11) is 2.28. The second-order valence-corrected chi connectivity index (χ2v) is 7.69. The Morgan fingerprint density at radius 2 is 1.90 bits per heavy atom. The number of nitrogens with one attached hydrogen (secondary N) is 1. The van der Waals surface area contributed by atoms with Crippen LogP contribution in [0.25, 0.3) is 0 Å². The normalized spacial score (nSPS) is 31.5. The molecule has 0 aromatic rings. The number of nitrogens with zero attached hydrogens (tertiary/aromatic N) is 2. The quantitative estimate of drug-likeness (QED) is 0.839. The molecule has 2 aliphatic carbocycles. The zero-order chi connectivity index (χ0) is 15.3. The topological polar surface area (TPSA) is 39.1 Å². The molecule has 0 spiro atoms. The van der Waals surface area contributed by atoms with Gasteiger partial charge in [0.05, 0.1) is 6.07 Å². The first kappa shape index (κ1) is 16.8. The Hall–Kier alpha value is -0.590. The van der Waals surface area contributed by atoms with E-state index in [-0.39, 0.29) is 5.54 Å². The summed E-state index contributed by atoms with van der Waals surface area (Å²) in [6, 6.07) is 3.56. The fourth-order valence-corrected chi connectivity index (χ4v) is 4.37. The smallest absolute Gasteiger partial charge is 0.108 e. The van der Waals surface area contributed by atoms with E-state index in [9.17, 15) is 5.26 Å². The van der Waals surface area contributed by atoms with Crippen molar-refractivity contribution in [3.8, 4) is 6.07 Å². The summed E-state index contributed by atoms with van der Waals surface area (Å²) >= 11 is 0. The predicted molar refractivity (Wildman–Crippen MR) is 88.1 cm³/mol. The van der Waals surface area contributed by atoms with E-state index in [0.717, 1.165) is 18.8 Å². The van der Waals surface area contributed by atoms with Crippen molar-refractivity contribution in [3.63, 3.8) is 0 Å². The molecule has 0 saturated heterocycles. The zero-order valence-corrected chi connectivity index (χ0v) is 14.2. The minimum absolute atomic E-state index is 0.294. The largest absolute Gasteiger partial charge is 0.303 e. The van der Waals surface area contributed by atoms with Gasteiger partial charge in [0.25, 0.3) is 0 Å². The summed E-state index contributed by atoms with van der Waals surface area (Å²) < 4.78 is 0. The van der Waals surface area contributed by atoms with Crippen molar-refractivity contribution in [3.05, 3.63) is 0 Å². The summed E-state index contributed by atoms with van der Waals surface area (Å²) in [5.41, 5.74) is -0.294.